The van der Waals surface area contributed by atoms with Crippen molar-refractivity contribution in [1.82, 2.24) is 4.98 Å². The molecule has 0 bridgehead atoms. The number of benzene rings is 1. The zero-order chi connectivity index (χ0) is 9.26. The van der Waals surface area contributed by atoms with E-state index >= 15 is 0 Å². The molecule has 0 saturated carbocycles. The molecule has 64 valence electrons. The van der Waals surface area contributed by atoms with E-state index in [1.165, 1.54) is 0 Å². The second kappa shape index (κ2) is 3.22. The standard InChI is InChI=1S/C9H5BrN2O/c10-8-5-4-6-2-1-3-7(12-13)9(6)11-8/h1-5H. The summed E-state index contributed by atoms with van der Waals surface area (Å²) < 4.78 is 0.705. The van der Waals surface area contributed by atoms with Gasteiger partial charge < -0.3 is 0 Å². The van der Waals surface area contributed by atoms with E-state index in [1.54, 1.807) is 12.1 Å². The van der Waals surface area contributed by atoms with Crippen molar-refractivity contribution in [3.8, 4) is 0 Å². The van der Waals surface area contributed by atoms with Gasteiger partial charge in [-0.2, -0.15) is 0 Å². The van der Waals surface area contributed by atoms with Crippen molar-refractivity contribution >= 4 is 32.5 Å². The van der Waals surface area contributed by atoms with E-state index in [1.807, 2.05) is 18.2 Å². The highest BCUT2D eigenvalue weighted by molar-refractivity contribution is 9.10. The molecule has 0 aliphatic carbocycles. The first-order valence-electron chi connectivity index (χ1n) is 3.70. The molecule has 0 saturated heterocycles. The summed E-state index contributed by atoms with van der Waals surface area (Å²) >= 11 is 3.24. The third-order valence-corrected chi connectivity index (χ3v) is 2.20. The number of hydrogen-bond donors (Lipinski definition) is 0. The lowest BCUT2D eigenvalue weighted by molar-refractivity contribution is 1.34. The predicted octanol–water partition coefficient (Wildman–Crippen LogP) is 3.40. The molecule has 0 amide bonds. The summed E-state index contributed by atoms with van der Waals surface area (Å²) in [6.45, 7) is 0. The number of pyridine rings is 1. The lowest BCUT2D eigenvalue weighted by atomic mass is 10.2. The Kier molecular flexibility index (Phi) is 2.06. The Morgan fingerprint density at radius 1 is 1.23 bits per heavy atom. The molecule has 0 aliphatic heterocycles. The van der Waals surface area contributed by atoms with Gasteiger partial charge in [0.25, 0.3) is 0 Å². The summed E-state index contributed by atoms with van der Waals surface area (Å²) in [4.78, 5) is 14.6. The Labute approximate surface area is 82.9 Å². The predicted molar refractivity (Wildman–Crippen MR) is 54.9 cm³/mol. The van der Waals surface area contributed by atoms with Gasteiger partial charge in [-0.15, -0.1) is 4.91 Å². The molecule has 1 aromatic heterocycles. The molecule has 0 N–H and O–H groups in total. The first-order chi connectivity index (χ1) is 6.31. The molecule has 0 fully saturated rings. The SMILES string of the molecule is O=Nc1cccc2ccc(Br)nc12. The van der Waals surface area contributed by atoms with Crippen LogP contribution in [0.15, 0.2) is 40.1 Å². The lowest BCUT2D eigenvalue weighted by Crippen LogP contribution is -1.79. The average molecular weight is 237 g/mol. The van der Waals surface area contributed by atoms with Crippen LogP contribution in [0.3, 0.4) is 0 Å². The van der Waals surface area contributed by atoms with Crippen LogP contribution in [0.5, 0.6) is 0 Å². The van der Waals surface area contributed by atoms with Gasteiger partial charge in [0.15, 0.2) is 0 Å². The Morgan fingerprint density at radius 3 is 2.85 bits per heavy atom. The van der Waals surface area contributed by atoms with Gasteiger partial charge in [0.2, 0.25) is 0 Å². The van der Waals surface area contributed by atoms with Crippen molar-refractivity contribution in [2.75, 3.05) is 0 Å². The quantitative estimate of drug-likeness (QED) is 0.563. The second-order valence-electron chi connectivity index (χ2n) is 2.57. The van der Waals surface area contributed by atoms with Gasteiger partial charge >= 0.3 is 0 Å². The molecule has 0 spiro atoms. The Hall–Kier alpha value is -1.29. The number of nitrogens with zero attached hydrogens (tertiary/aromatic N) is 2. The molecule has 1 heterocycles. The number of hydrogen-bond acceptors (Lipinski definition) is 3. The number of aromatic nitrogens is 1. The third kappa shape index (κ3) is 1.45. The number of rotatable bonds is 1. The molecular weight excluding hydrogens is 232 g/mol. The fraction of sp³-hybridized carbons (Fsp3) is 0. The van der Waals surface area contributed by atoms with Gasteiger partial charge in [-0.05, 0) is 33.2 Å². The first-order valence-corrected chi connectivity index (χ1v) is 4.49. The van der Waals surface area contributed by atoms with Crippen molar-refractivity contribution in [2.24, 2.45) is 5.18 Å². The van der Waals surface area contributed by atoms with Crippen molar-refractivity contribution < 1.29 is 0 Å². The maximum atomic E-state index is 10.4. The van der Waals surface area contributed by atoms with Crippen LogP contribution < -0.4 is 0 Å². The second-order valence-corrected chi connectivity index (χ2v) is 3.39. The van der Waals surface area contributed by atoms with E-state index in [-0.39, 0.29) is 0 Å². The molecule has 4 heteroatoms. The highest BCUT2D eigenvalue weighted by atomic mass is 79.9. The summed E-state index contributed by atoms with van der Waals surface area (Å²) in [5.74, 6) is 0. The van der Waals surface area contributed by atoms with Crippen LogP contribution >= 0.6 is 15.9 Å². The molecule has 1 aromatic carbocycles. The normalized spacial score (nSPS) is 10.2. The molecule has 2 rings (SSSR count). The molecule has 3 nitrogen and oxygen atoms in total. The van der Waals surface area contributed by atoms with E-state index in [2.05, 4.69) is 26.1 Å². The molecule has 2 aromatic rings. The number of fused-ring (bicyclic) bond motifs is 1. The zero-order valence-corrected chi connectivity index (χ0v) is 8.15. The van der Waals surface area contributed by atoms with Crippen LogP contribution in [0.25, 0.3) is 10.9 Å². The average Bonchev–Trinajstić information content (AvgIpc) is 2.17. The van der Waals surface area contributed by atoms with Gasteiger partial charge in [0.1, 0.15) is 15.8 Å². The van der Waals surface area contributed by atoms with Crippen molar-refractivity contribution in [2.45, 2.75) is 0 Å². The molecule has 0 atom stereocenters. The first kappa shape index (κ1) is 8.31. The van der Waals surface area contributed by atoms with Crippen LogP contribution in [0.4, 0.5) is 5.69 Å². The highest BCUT2D eigenvalue weighted by Gasteiger charge is 2.01. The molecular formula is C9H5BrN2O. The minimum Gasteiger partial charge on any atom is -0.238 e. The van der Waals surface area contributed by atoms with E-state index in [4.69, 9.17) is 0 Å². The molecule has 0 unspecified atom stereocenters. The van der Waals surface area contributed by atoms with Gasteiger partial charge in [0, 0.05) is 5.39 Å². The zero-order valence-electron chi connectivity index (χ0n) is 6.57. The number of para-hydroxylation sites is 1. The maximum absolute atomic E-state index is 10.4. The number of halogens is 1. The van der Waals surface area contributed by atoms with Gasteiger partial charge in [-0.1, -0.05) is 18.2 Å². The van der Waals surface area contributed by atoms with Crippen molar-refractivity contribution in [3.05, 3.63) is 39.8 Å². The fourth-order valence-corrected chi connectivity index (χ4v) is 1.49. The fourth-order valence-electron chi connectivity index (χ4n) is 1.18. The Morgan fingerprint density at radius 2 is 2.08 bits per heavy atom. The molecule has 13 heavy (non-hydrogen) atoms. The van der Waals surface area contributed by atoms with E-state index in [9.17, 15) is 4.91 Å². The topological polar surface area (TPSA) is 42.3 Å². The monoisotopic (exact) mass is 236 g/mol. The highest BCUT2D eigenvalue weighted by Crippen LogP contribution is 2.25. The lowest BCUT2D eigenvalue weighted by Gasteiger charge is -1.98. The Bertz CT molecular complexity index is 470. The van der Waals surface area contributed by atoms with Crippen LogP contribution in [-0.4, -0.2) is 4.98 Å². The molecule has 0 aliphatic rings. The summed E-state index contributed by atoms with van der Waals surface area (Å²) in [6, 6.07) is 9.05. The molecule has 0 radical (unpaired) electrons. The van der Waals surface area contributed by atoms with Gasteiger partial charge in [-0.3, -0.25) is 0 Å². The Balaban J connectivity index is 2.86. The van der Waals surface area contributed by atoms with Crippen LogP contribution in [-0.2, 0) is 0 Å². The van der Waals surface area contributed by atoms with E-state index in [0.29, 0.717) is 15.8 Å². The van der Waals surface area contributed by atoms with Crippen LogP contribution in [0.2, 0.25) is 0 Å². The summed E-state index contributed by atoms with van der Waals surface area (Å²) in [6.07, 6.45) is 0. The minimum absolute atomic E-state index is 0.374. The summed E-state index contributed by atoms with van der Waals surface area (Å²) in [7, 11) is 0. The van der Waals surface area contributed by atoms with Crippen molar-refractivity contribution in [3.63, 3.8) is 0 Å². The van der Waals surface area contributed by atoms with Crippen LogP contribution in [0, 0.1) is 4.91 Å². The smallest absolute Gasteiger partial charge is 0.134 e. The summed E-state index contributed by atoms with van der Waals surface area (Å²) in [5.41, 5.74) is 1.01. The number of nitroso groups, excluding NO2 is 1. The van der Waals surface area contributed by atoms with Crippen LogP contribution in [0.1, 0.15) is 0 Å². The van der Waals surface area contributed by atoms with Gasteiger partial charge in [0.05, 0.1) is 0 Å². The van der Waals surface area contributed by atoms with Crippen molar-refractivity contribution in [1.29, 1.82) is 0 Å². The van der Waals surface area contributed by atoms with E-state index < -0.39 is 0 Å². The third-order valence-electron chi connectivity index (χ3n) is 1.76. The summed E-state index contributed by atoms with van der Waals surface area (Å²) in [5, 5.41) is 3.82. The largest absolute Gasteiger partial charge is 0.238 e. The van der Waals surface area contributed by atoms with Gasteiger partial charge in [-0.25, -0.2) is 4.98 Å². The minimum atomic E-state index is 0.374. The maximum Gasteiger partial charge on any atom is 0.134 e. The van der Waals surface area contributed by atoms with E-state index in [0.717, 1.165) is 5.39 Å².